The molecule has 2 heterocycles. The van der Waals surface area contributed by atoms with E-state index in [2.05, 4.69) is 26.8 Å². The second kappa shape index (κ2) is 5.14. The van der Waals surface area contributed by atoms with Gasteiger partial charge in [0.25, 0.3) is 0 Å². The number of aromatic nitrogens is 2. The number of piperazine rings is 1. The van der Waals surface area contributed by atoms with Crippen LogP contribution in [0, 0.1) is 0 Å². The number of rotatable bonds is 3. The maximum absolute atomic E-state index is 6.03. The first-order valence-corrected chi connectivity index (χ1v) is 5.91. The lowest BCUT2D eigenvalue weighted by molar-refractivity contribution is 0.113. The maximum Gasteiger partial charge on any atom is 0.151 e. The molecule has 6 heteroatoms. The Labute approximate surface area is 101 Å². The molecule has 2 rings (SSSR count). The minimum absolute atomic E-state index is 0.156. The molecule has 0 saturated carbocycles. The summed E-state index contributed by atoms with van der Waals surface area (Å²) >= 11 is 6.03. The number of nitrogens with one attached hydrogen (secondary N) is 1. The molecule has 1 saturated heterocycles. The van der Waals surface area contributed by atoms with Crippen LogP contribution in [0.1, 0.15) is 11.7 Å². The van der Waals surface area contributed by atoms with E-state index in [0.29, 0.717) is 11.7 Å². The van der Waals surface area contributed by atoms with Crippen LogP contribution in [-0.4, -0.2) is 59.5 Å². The topological polar surface area (TPSA) is 61.2 Å². The fourth-order valence-corrected chi connectivity index (χ4v) is 2.33. The van der Waals surface area contributed by atoms with E-state index in [1.807, 2.05) is 0 Å². The summed E-state index contributed by atoms with van der Waals surface area (Å²) in [5.41, 5.74) is 6.78. The minimum Gasteiger partial charge on any atom is -0.346 e. The SMILES string of the molecule is CN1CCN(C(CN)c2[nH]cnc2Cl)CC1. The molecule has 0 radical (unpaired) electrons. The molecule has 1 aromatic rings. The molecule has 3 N–H and O–H groups in total. The van der Waals surface area contributed by atoms with Crippen molar-refractivity contribution < 1.29 is 0 Å². The van der Waals surface area contributed by atoms with Crippen LogP contribution in [-0.2, 0) is 0 Å². The Morgan fingerprint density at radius 3 is 2.69 bits per heavy atom. The van der Waals surface area contributed by atoms with Crippen LogP contribution in [0.3, 0.4) is 0 Å². The van der Waals surface area contributed by atoms with E-state index in [0.717, 1.165) is 31.9 Å². The normalized spacial score (nSPS) is 21.2. The van der Waals surface area contributed by atoms with Crippen LogP contribution in [0.2, 0.25) is 5.15 Å². The molecule has 0 amide bonds. The molecule has 1 unspecified atom stereocenters. The van der Waals surface area contributed by atoms with Gasteiger partial charge >= 0.3 is 0 Å². The molecule has 0 aromatic carbocycles. The third-order valence-electron chi connectivity index (χ3n) is 3.16. The number of hydrogen-bond acceptors (Lipinski definition) is 4. The second-order valence-electron chi connectivity index (χ2n) is 4.20. The van der Waals surface area contributed by atoms with Crippen molar-refractivity contribution in [2.24, 2.45) is 5.73 Å². The number of H-pyrrole nitrogens is 1. The average molecular weight is 244 g/mol. The van der Waals surface area contributed by atoms with Crippen molar-refractivity contribution in [3.63, 3.8) is 0 Å². The quantitative estimate of drug-likeness (QED) is 0.802. The van der Waals surface area contributed by atoms with Gasteiger partial charge in [0.15, 0.2) is 5.15 Å². The van der Waals surface area contributed by atoms with Gasteiger partial charge in [-0.1, -0.05) is 11.6 Å². The number of likely N-dealkylation sites (N-methyl/N-ethyl adjacent to an activating group) is 1. The largest absolute Gasteiger partial charge is 0.346 e. The monoisotopic (exact) mass is 243 g/mol. The molecular weight excluding hydrogens is 226 g/mol. The lowest BCUT2D eigenvalue weighted by atomic mass is 10.1. The first-order valence-electron chi connectivity index (χ1n) is 5.53. The smallest absolute Gasteiger partial charge is 0.151 e. The third kappa shape index (κ3) is 2.38. The van der Waals surface area contributed by atoms with Gasteiger partial charge in [-0.3, -0.25) is 4.90 Å². The predicted octanol–water partition coefficient (Wildman–Crippen LogP) is 0.310. The molecule has 1 aromatic heterocycles. The molecule has 5 nitrogen and oxygen atoms in total. The summed E-state index contributed by atoms with van der Waals surface area (Å²) in [6, 6.07) is 0.156. The highest BCUT2D eigenvalue weighted by Gasteiger charge is 2.25. The van der Waals surface area contributed by atoms with E-state index in [1.165, 1.54) is 0 Å². The van der Waals surface area contributed by atoms with Crippen molar-refractivity contribution in [1.29, 1.82) is 0 Å². The molecule has 1 aliphatic rings. The number of imidazole rings is 1. The Kier molecular flexibility index (Phi) is 3.81. The molecule has 1 aliphatic heterocycles. The van der Waals surface area contributed by atoms with E-state index in [1.54, 1.807) is 6.33 Å². The van der Waals surface area contributed by atoms with Crippen LogP contribution in [0.15, 0.2) is 6.33 Å². The van der Waals surface area contributed by atoms with Crippen molar-refractivity contribution in [3.05, 3.63) is 17.2 Å². The lowest BCUT2D eigenvalue weighted by Gasteiger charge is -2.37. The van der Waals surface area contributed by atoms with E-state index < -0.39 is 0 Å². The predicted molar refractivity (Wildman–Crippen MR) is 64.5 cm³/mol. The third-order valence-corrected chi connectivity index (χ3v) is 3.46. The zero-order valence-corrected chi connectivity index (χ0v) is 10.2. The molecule has 90 valence electrons. The van der Waals surface area contributed by atoms with Crippen molar-refractivity contribution in [1.82, 2.24) is 19.8 Å². The van der Waals surface area contributed by atoms with Gasteiger partial charge in [0.05, 0.1) is 18.1 Å². The molecular formula is C10H18ClN5. The van der Waals surface area contributed by atoms with E-state index in [4.69, 9.17) is 17.3 Å². The zero-order valence-electron chi connectivity index (χ0n) is 9.49. The first kappa shape index (κ1) is 11.9. The average Bonchev–Trinajstić information content (AvgIpc) is 2.69. The van der Waals surface area contributed by atoms with Crippen molar-refractivity contribution in [3.8, 4) is 0 Å². The molecule has 1 atom stereocenters. The van der Waals surface area contributed by atoms with Gasteiger partial charge in [-0.05, 0) is 7.05 Å². The van der Waals surface area contributed by atoms with Gasteiger partial charge in [-0.2, -0.15) is 0 Å². The van der Waals surface area contributed by atoms with E-state index in [-0.39, 0.29) is 6.04 Å². The summed E-state index contributed by atoms with van der Waals surface area (Å²) in [6.45, 7) is 4.75. The lowest BCUT2D eigenvalue weighted by Crippen LogP contribution is -2.47. The number of aromatic amines is 1. The van der Waals surface area contributed by atoms with Gasteiger partial charge in [0.2, 0.25) is 0 Å². The molecule has 0 bridgehead atoms. The zero-order chi connectivity index (χ0) is 11.5. The highest BCUT2D eigenvalue weighted by atomic mass is 35.5. The number of nitrogens with two attached hydrogens (primary N) is 1. The molecule has 16 heavy (non-hydrogen) atoms. The summed E-state index contributed by atoms with van der Waals surface area (Å²) in [5.74, 6) is 0. The number of hydrogen-bond donors (Lipinski definition) is 2. The van der Waals surface area contributed by atoms with Crippen LogP contribution in [0.5, 0.6) is 0 Å². The Bertz CT molecular complexity index is 332. The maximum atomic E-state index is 6.03. The number of halogens is 1. The highest BCUT2D eigenvalue weighted by molar-refractivity contribution is 6.30. The van der Waals surface area contributed by atoms with Gasteiger partial charge in [0, 0.05) is 32.7 Å². The van der Waals surface area contributed by atoms with Crippen LogP contribution in [0.4, 0.5) is 0 Å². The van der Waals surface area contributed by atoms with Crippen molar-refractivity contribution >= 4 is 11.6 Å². The van der Waals surface area contributed by atoms with Gasteiger partial charge in [-0.25, -0.2) is 4.98 Å². The van der Waals surface area contributed by atoms with E-state index >= 15 is 0 Å². The Morgan fingerprint density at radius 2 is 2.19 bits per heavy atom. The van der Waals surface area contributed by atoms with Crippen molar-refractivity contribution in [2.45, 2.75) is 6.04 Å². The summed E-state index contributed by atoms with van der Waals surface area (Å²) < 4.78 is 0. The fraction of sp³-hybridized carbons (Fsp3) is 0.700. The number of nitrogens with zero attached hydrogens (tertiary/aromatic N) is 3. The van der Waals surface area contributed by atoms with Gasteiger partial charge in [0.1, 0.15) is 0 Å². The summed E-state index contributed by atoms with van der Waals surface area (Å²) in [4.78, 5) is 11.8. The first-order chi connectivity index (χ1) is 7.72. The standard InChI is InChI=1S/C10H18ClN5/c1-15-2-4-16(5-3-15)8(6-12)9-10(11)14-7-13-9/h7-8H,2-6,12H2,1H3,(H,13,14). The van der Waals surface area contributed by atoms with Gasteiger partial charge in [-0.15, -0.1) is 0 Å². The van der Waals surface area contributed by atoms with Crippen LogP contribution in [0.25, 0.3) is 0 Å². The summed E-state index contributed by atoms with van der Waals surface area (Å²) in [5, 5.41) is 0.536. The summed E-state index contributed by atoms with van der Waals surface area (Å²) in [7, 11) is 2.14. The summed E-state index contributed by atoms with van der Waals surface area (Å²) in [6.07, 6.45) is 1.62. The fourth-order valence-electron chi connectivity index (χ4n) is 2.10. The Balaban J connectivity index is 2.08. The Hall–Kier alpha value is -0.620. The van der Waals surface area contributed by atoms with E-state index in [9.17, 15) is 0 Å². The van der Waals surface area contributed by atoms with Crippen LogP contribution >= 0.6 is 11.6 Å². The van der Waals surface area contributed by atoms with Gasteiger partial charge < -0.3 is 15.6 Å². The van der Waals surface area contributed by atoms with Crippen molar-refractivity contribution in [2.75, 3.05) is 39.8 Å². The molecule has 0 aliphatic carbocycles. The molecule has 0 spiro atoms. The highest BCUT2D eigenvalue weighted by Crippen LogP contribution is 2.24. The molecule has 1 fully saturated rings. The second-order valence-corrected chi connectivity index (χ2v) is 4.56. The van der Waals surface area contributed by atoms with Crippen LogP contribution < -0.4 is 5.73 Å². The Morgan fingerprint density at radius 1 is 1.50 bits per heavy atom. The minimum atomic E-state index is 0.156.